The van der Waals surface area contributed by atoms with Gasteiger partial charge in [0, 0.05) is 0 Å². The summed E-state index contributed by atoms with van der Waals surface area (Å²) in [5, 5.41) is 0. The fourth-order valence-corrected chi connectivity index (χ4v) is 1.23. The van der Waals surface area contributed by atoms with Crippen LogP contribution in [0.15, 0.2) is 54.8 Å². The normalized spacial score (nSPS) is 12.0. The van der Waals surface area contributed by atoms with Crippen LogP contribution in [0, 0.1) is 6.92 Å². The Morgan fingerprint density at radius 3 is 2.67 bits per heavy atom. The van der Waals surface area contributed by atoms with Gasteiger partial charge in [0.15, 0.2) is 0 Å². The third-order valence-corrected chi connectivity index (χ3v) is 2.20. The van der Waals surface area contributed by atoms with E-state index in [-0.39, 0.29) is 0 Å². The molecule has 1 heteroatoms. The molecule has 0 saturated heterocycles. The Morgan fingerprint density at radius 2 is 2.07 bits per heavy atom. The standard InChI is InChI=1S/C14H17N/c1-11-5-4-6-14(9-11)13(3)8-7-12(2)10-15/h4-10H,3,15H2,1-2H3/b8-7-,12-10-. The Bertz CT molecular complexity index is 411. The van der Waals surface area contributed by atoms with E-state index in [1.54, 1.807) is 6.20 Å². The molecule has 0 bridgehead atoms. The van der Waals surface area contributed by atoms with Crippen molar-refractivity contribution in [2.75, 3.05) is 0 Å². The number of rotatable bonds is 3. The molecular weight excluding hydrogens is 182 g/mol. The monoisotopic (exact) mass is 199 g/mol. The molecule has 0 amide bonds. The van der Waals surface area contributed by atoms with E-state index in [2.05, 4.69) is 31.7 Å². The lowest BCUT2D eigenvalue weighted by Gasteiger charge is -2.01. The lowest BCUT2D eigenvalue weighted by atomic mass is 10.0. The van der Waals surface area contributed by atoms with Gasteiger partial charge in [0.1, 0.15) is 0 Å². The van der Waals surface area contributed by atoms with Crippen molar-refractivity contribution in [2.24, 2.45) is 5.73 Å². The molecule has 0 aliphatic carbocycles. The summed E-state index contributed by atoms with van der Waals surface area (Å²) in [6.07, 6.45) is 5.53. The lowest BCUT2D eigenvalue weighted by molar-refractivity contribution is 1.43. The van der Waals surface area contributed by atoms with Gasteiger partial charge >= 0.3 is 0 Å². The molecule has 0 fully saturated rings. The van der Waals surface area contributed by atoms with Gasteiger partial charge in [0.25, 0.3) is 0 Å². The molecule has 0 aliphatic heterocycles. The average molecular weight is 199 g/mol. The van der Waals surface area contributed by atoms with Gasteiger partial charge in [-0.3, -0.25) is 0 Å². The van der Waals surface area contributed by atoms with Crippen molar-refractivity contribution in [3.8, 4) is 0 Å². The summed E-state index contributed by atoms with van der Waals surface area (Å²) in [5.41, 5.74) is 9.80. The van der Waals surface area contributed by atoms with Gasteiger partial charge < -0.3 is 5.73 Å². The van der Waals surface area contributed by atoms with Crippen LogP contribution in [0.3, 0.4) is 0 Å². The first-order chi connectivity index (χ1) is 7.13. The molecule has 0 saturated carbocycles. The smallest absolute Gasteiger partial charge is 0.00325 e. The van der Waals surface area contributed by atoms with Crippen LogP contribution in [0.1, 0.15) is 18.1 Å². The summed E-state index contributed by atoms with van der Waals surface area (Å²) in [4.78, 5) is 0. The first kappa shape index (κ1) is 11.3. The Kier molecular flexibility index (Phi) is 3.92. The van der Waals surface area contributed by atoms with E-state index in [4.69, 9.17) is 5.73 Å². The van der Waals surface area contributed by atoms with Gasteiger partial charge in [-0.2, -0.15) is 0 Å². The summed E-state index contributed by atoms with van der Waals surface area (Å²) in [6.45, 7) is 8.05. The van der Waals surface area contributed by atoms with Gasteiger partial charge in [-0.1, -0.05) is 48.6 Å². The van der Waals surface area contributed by atoms with E-state index in [0.717, 1.165) is 16.7 Å². The van der Waals surface area contributed by atoms with Crippen LogP contribution in [-0.2, 0) is 0 Å². The maximum absolute atomic E-state index is 5.38. The van der Waals surface area contributed by atoms with E-state index in [1.807, 2.05) is 25.1 Å². The minimum Gasteiger partial charge on any atom is -0.404 e. The number of nitrogens with two attached hydrogens (primary N) is 1. The summed E-state index contributed by atoms with van der Waals surface area (Å²) < 4.78 is 0. The van der Waals surface area contributed by atoms with E-state index in [0.29, 0.717) is 0 Å². The second kappa shape index (κ2) is 5.20. The maximum atomic E-state index is 5.38. The SMILES string of the molecule is C=C(/C=C\C(C)=C/N)c1cccc(C)c1. The van der Waals surface area contributed by atoms with Crippen LogP contribution in [0.4, 0.5) is 0 Å². The highest BCUT2D eigenvalue weighted by Gasteiger charge is 1.94. The molecule has 0 heterocycles. The topological polar surface area (TPSA) is 26.0 Å². The average Bonchev–Trinajstić information content (AvgIpc) is 2.25. The minimum absolute atomic E-state index is 1.000. The molecule has 78 valence electrons. The molecular formula is C14H17N. The van der Waals surface area contributed by atoms with Crippen LogP contribution < -0.4 is 5.73 Å². The molecule has 0 spiro atoms. The first-order valence-corrected chi connectivity index (χ1v) is 4.96. The quantitative estimate of drug-likeness (QED) is 0.741. The van der Waals surface area contributed by atoms with Crippen LogP contribution in [0.2, 0.25) is 0 Å². The number of benzene rings is 1. The maximum Gasteiger partial charge on any atom is -0.00325 e. The number of hydrogen-bond acceptors (Lipinski definition) is 1. The van der Waals surface area contributed by atoms with E-state index in [1.165, 1.54) is 5.56 Å². The Morgan fingerprint density at radius 1 is 1.33 bits per heavy atom. The highest BCUT2D eigenvalue weighted by molar-refractivity contribution is 5.72. The zero-order valence-corrected chi connectivity index (χ0v) is 9.33. The van der Waals surface area contributed by atoms with Gasteiger partial charge in [0.05, 0.1) is 0 Å². The molecule has 0 unspecified atom stereocenters. The Labute approximate surface area is 91.6 Å². The van der Waals surface area contributed by atoms with Gasteiger partial charge in [-0.25, -0.2) is 0 Å². The predicted octanol–water partition coefficient (Wildman–Crippen LogP) is 3.43. The molecule has 0 radical (unpaired) electrons. The minimum atomic E-state index is 1.000. The molecule has 0 aliphatic rings. The fourth-order valence-electron chi connectivity index (χ4n) is 1.23. The molecule has 1 nitrogen and oxygen atoms in total. The molecule has 0 atom stereocenters. The molecule has 1 rings (SSSR count). The van der Waals surface area contributed by atoms with Crippen molar-refractivity contribution in [3.05, 3.63) is 65.9 Å². The van der Waals surface area contributed by atoms with Crippen molar-refractivity contribution < 1.29 is 0 Å². The summed E-state index contributed by atoms with van der Waals surface area (Å²) in [6, 6.07) is 8.29. The highest BCUT2D eigenvalue weighted by Crippen LogP contribution is 2.15. The van der Waals surface area contributed by atoms with Crippen LogP contribution >= 0.6 is 0 Å². The largest absolute Gasteiger partial charge is 0.404 e. The van der Waals surface area contributed by atoms with Crippen molar-refractivity contribution in [1.29, 1.82) is 0 Å². The Balaban J connectivity index is 2.82. The summed E-state index contributed by atoms with van der Waals surface area (Å²) >= 11 is 0. The number of aryl methyl sites for hydroxylation is 1. The van der Waals surface area contributed by atoms with Gasteiger partial charge in [0.2, 0.25) is 0 Å². The fraction of sp³-hybridized carbons (Fsp3) is 0.143. The van der Waals surface area contributed by atoms with Crippen LogP contribution in [0.5, 0.6) is 0 Å². The predicted molar refractivity (Wildman–Crippen MR) is 67.3 cm³/mol. The third kappa shape index (κ3) is 3.47. The molecule has 2 N–H and O–H groups in total. The molecule has 15 heavy (non-hydrogen) atoms. The van der Waals surface area contributed by atoms with Gasteiger partial charge in [-0.05, 0) is 36.8 Å². The zero-order chi connectivity index (χ0) is 11.3. The van der Waals surface area contributed by atoms with Gasteiger partial charge in [-0.15, -0.1) is 0 Å². The van der Waals surface area contributed by atoms with Crippen molar-refractivity contribution >= 4 is 5.57 Å². The lowest BCUT2D eigenvalue weighted by Crippen LogP contribution is -1.82. The second-order valence-electron chi connectivity index (χ2n) is 3.64. The Hall–Kier alpha value is -1.76. The van der Waals surface area contributed by atoms with Crippen LogP contribution in [0.25, 0.3) is 5.57 Å². The molecule has 1 aromatic rings. The van der Waals surface area contributed by atoms with E-state index < -0.39 is 0 Å². The van der Waals surface area contributed by atoms with E-state index in [9.17, 15) is 0 Å². The first-order valence-electron chi connectivity index (χ1n) is 4.96. The van der Waals surface area contributed by atoms with Crippen molar-refractivity contribution in [2.45, 2.75) is 13.8 Å². The number of allylic oxidation sites excluding steroid dienone is 4. The van der Waals surface area contributed by atoms with Crippen molar-refractivity contribution in [3.63, 3.8) is 0 Å². The molecule has 0 aromatic heterocycles. The third-order valence-electron chi connectivity index (χ3n) is 2.20. The highest BCUT2D eigenvalue weighted by atomic mass is 14.5. The summed E-state index contributed by atoms with van der Waals surface area (Å²) in [5.74, 6) is 0. The number of hydrogen-bond donors (Lipinski definition) is 1. The van der Waals surface area contributed by atoms with Crippen LogP contribution in [-0.4, -0.2) is 0 Å². The second-order valence-corrected chi connectivity index (χ2v) is 3.64. The summed E-state index contributed by atoms with van der Waals surface area (Å²) in [7, 11) is 0. The van der Waals surface area contributed by atoms with Crippen molar-refractivity contribution in [1.82, 2.24) is 0 Å². The van der Waals surface area contributed by atoms with E-state index >= 15 is 0 Å². The molecule has 1 aromatic carbocycles. The zero-order valence-electron chi connectivity index (χ0n) is 9.33.